The molecule has 25 heavy (non-hydrogen) atoms. The number of oxazole rings is 1. The first-order valence-corrected chi connectivity index (χ1v) is 8.24. The van der Waals surface area contributed by atoms with Crippen molar-refractivity contribution >= 4 is 35.4 Å². The van der Waals surface area contributed by atoms with Crippen LogP contribution in [-0.2, 0) is 0 Å². The predicted octanol–water partition coefficient (Wildman–Crippen LogP) is 6.17. The fourth-order valence-electron chi connectivity index (χ4n) is 2.63. The Kier molecular flexibility index (Phi) is 4.25. The number of hydrogen-bond acceptors (Lipinski definition) is 2. The summed E-state index contributed by atoms with van der Waals surface area (Å²) in [6, 6.07) is 26.4. The van der Waals surface area contributed by atoms with Gasteiger partial charge in [0, 0.05) is 6.08 Å². The highest BCUT2D eigenvalue weighted by Crippen LogP contribution is 2.20. The summed E-state index contributed by atoms with van der Waals surface area (Å²) in [4.78, 5) is 4.56. The quantitative estimate of drug-likeness (QED) is 0.420. The highest BCUT2D eigenvalue weighted by atomic mass is 16.3. The normalized spacial score (nSPS) is 11.7. The van der Waals surface area contributed by atoms with E-state index >= 15 is 0 Å². The van der Waals surface area contributed by atoms with Crippen LogP contribution in [0.15, 0.2) is 83.3 Å². The molecule has 0 fully saturated rings. The lowest BCUT2D eigenvalue weighted by atomic mass is 10.1. The number of fused-ring (bicyclic) bond motifs is 1. The zero-order valence-electron chi connectivity index (χ0n) is 13.7. The molecule has 0 saturated carbocycles. The highest BCUT2D eigenvalue weighted by molar-refractivity contribution is 5.80. The van der Waals surface area contributed by atoms with E-state index < -0.39 is 0 Å². The zero-order chi connectivity index (χ0) is 16.9. The minimum atomic E-state index is 0.614. The molecule has 4 rings (SSSR count). The second-order valence-corrected chi connectivity index (χ2v) is 5.77. The molecule has 0 spiro atoms. The van der Waals surface area contributed by atoms with Gasteiger partial charge in [-0.3, -0.25) is 0 Å². The maximum Gasteiger partial charge on any atom is 0.220 e. The summed E-state index contributed by atoms with van der Waals surface area (Å²) < 4.78 is 5.79. The summed E-state index contributed by atoms with van der Waals surface area (Å²) >= 11 is 0. The molecule has 120 valence electrons. The van der Waals surface area contributed by atoms with Gasteiger partial charge in [0.25, 0.3) is 0 Å². The van der Waals surface area contributed by atoms with Gasteiger partial charge in [0.2, 0.25) is 5.89 Å². The molecule has 0 amide bonds. The lowest BCUT2D eigenvalue weighted by molar-refractivity contribution is 0.589. The Morgan fingerprint density at radius 1 is 0.600 bits per heavy atom. The van der Waals surface area contributed by atoms with Gasteiger partial charge in [0.15, 0.2) is 5.58 Å². The van der Waals surface area contributed by atoms with Crippen molar-refractivity contribution in [3.05, 3.63) is 101 Å². The number of rotatable bonds is 4. The summed E-state index contributed by atoms with van der Waals surface area (Å²) in [7, 11) is 0. The smallest absolute Gasteiger partial charge is 0.220 e. The molecule has 0 atom stereocenters. The van der Waals surface area contributed by atoms with Crippen molar-refractivity contribution in [3.63, 3.8) is 0 Å². The first kappa shape index (κ1) is 15.2. The molecule has 0 aliphatic carbocycles. The molecule has 2 nitrogen and oxygen atoms in total. The topological polar surface area (TPSA) is 26.0 Å². The van der Waals surface area contributed by atoms with E-state index in [4.69, 9.17) is 4.42 Å². The monoisotopic (exact) mass is 323 g/mol. The fourth-order valence-corrected chi connectivity index (χ4v) is 2.63. The molecular weight excluding hydrogens is 306 g/mol. The SMILES string of the molecule is C(=Cc1ccc2oc(C=Cc3ccccc3)nc2c1)c1ccccc1. The molecular formula is C23H17NO. The average molecular weight is 323 g/mol. The van der Waals surface area contributed by atoms with Crippen LogP contribution in [0.2, 0.25) is 0 Å². The van der Waals surface area contributed by atoms with Crippen molar-refractivity contribution < 1.29 is 4.42 Å². The molecule has 0 aliphatic heterocycles. The Labute approximate surface area is 146 Å². The Bertz CT molecular complexity index is 980. The van der Waals surface area contributed by atoms with Crippen LogP contribution in [0.25, 0.3) is 35.4 Å². The Hall–Kier alpha value is -3.39. The van der Waals surface area contributed by atoms with Crippen molar-refractivity contribution in [2.45, 2.75) is 0 Å². The van der Waals surface area contributed by atoms with Gasteiger partial charge in [-0.15, -0.1) is 0 Å². The van der Waals surface area contributed by atoms with Crippen molar-refractivity contribution in [1.29, 1.82) is 0 Å². The van der Waals surface area contributed by atoms with Crippen molar-refractivity contribution in [3.8, 4) is 0 Å². The van der Waals surface area contributed by atoms with Gasteiger partial charge in [-0.25, -0.2) is 4.98 Å². The van der Waals surface area contributed by atoms with Crippen molar-refractivity contribution in [1.82, 2.24) is 4.98 Å². The molecule has 4 aromatic rings. The van der Waals surface area contributed by atoms with E-state index in [0.717, 1.165) is 22.2 Å². The molecule has 0 bridgehead atoms. The second-order valence-electron chi connectivity index (χ2n) is 5.77. The van der Waals surface area contributed by atoms with Crippen LogP contribution in [0.1, 0.15) is 22.6 Å². The third kappa shape index (κ3) is 3.75. The standard InChI is InChI=1S/C23H17NO/c1-3-7-18(8-4-1)11-12-20-13-15-22-21(17-20)24-23(25-22)16-14-19-9-5-2-6-10-19/h1-17H. The number of benzene rings is 3. The second kappa shape index (κ2) is 7.02. The van der Waals surface area contributed by atoms with E-state index in [2.05, 4.69) is 29.3 Å². The van der Waals surface area contributed by atoms with Crippen LogP contribution in [0.3, 0.4) is 0 Å². The van der Waals surface area contributed by atoms with Gasteiger partial charge in [-0.05, 0) is 34.9 Å². The van der Waals surface area contributed by atoms with Crippen LogP contribution < -0.4 is 0 Å². The minimum Gasteiger partial charge on any atom is -0.437 e. The van der Waals surface area contributed by atoms with Crippen LogP contribution in [0.4, 0.5) is 0 Å². The van der Waals surface area contributed by atoms with Gasteiger partial charge in [-0.1, -0.05) is 78.9 Å². The number of hydrogen-bond donors (Lipinski definition) is 0. The maximum absolute atomic E-state index is 5.79. The van der Waals surface area contributed by atoms with E-state index in [-0.39, 0.29) is 0 Å². The molecule has 0 N–H and O–H groups in total. The third-order valence-electron chi connectivity index (χ3n) is 3.91. The maximum atomic E-state index is 5.79. The lowest BCUT2D eigenvalue weighted by Gasteiger charge is -1.94. The van der Waals surface area contributed by atoms with Crippen molar-refractivity contribution in [2.75, 3.05) is 0 Å². The fraction of sp³-hybridized carbons (Fsp3) is 0. The number of nitrogens with zero attached hydrogens (tertiary/aromatic N) is 1. The summed E-state index contributed by atoms with van der Waals surface area (Å²) in [5.74, 6) is 0.614. The molecule has 0 unspecified atom stereocenters. The zero-order valence-corrected chi connectivity index (χ0v) is 13.7. The Morgan fingerprint density at radius 2 is 1.20 bits per heavy atom. The Morgan fingerprint density at radius 3 is 1.88 bits per heavy atom. The van der Waals surface area contributed by atoms with E-state index in [1.54, 1.807) is 0 Å². The van der Waals surface area contributed by atoms with E-state index in [1.165, 1.54) is 5.56 Å². The molecule has 0 radical (unpaired) electrons. The third-order valence-corrected chi connectivity index (χ3v) is 3.91. The molecule has 2 heteroatoms. The molecule has 0 saturated heterocycles. The van der Waals surface area contributed by atoms with Gasteiger partial charge in [0.1, 0.15) is 5.52 Å². The summed E-state index contributed by atoms with van der Waals surface area (Å²) in [5, 5.41) is 0. The highest BCUT2D eigenvalue weighted by Gasteiger charge is 2.03. The average Bonchev–Trinajstić information content (AvgIpc) is 3.08. The van der Waals surface area contributed by atoms with Gasteiger partial charge >= 0.3 is 0 Å². The minimum absolute atomic E-state index is 0.614. The van der Waals surface area contributed by atoms with Crippen LogP contribution in [0, 0.1) is 0 Å². The van der Waals surface area contributed by atoms with Crippen molar-refractivity contribution in [2.24, 2.45) is 0 Å². The van der Waals surface area contributed by atoms with Gasteiger partial charge < -0.3 is 4.42 Å². The van der Waals surface area contributed by atoms with E-state index in [1.807, 2.05) is 78.9 Å². The van der Waals surface area contributed by atoms with Crippen LogP contribution >= 0.6 is 0 Å². The van der Waals surface area contributed by atoms with Crippen LogP contribution in [0.5, 0.6) is 0 Å². The Balaban J connectivity index is 1.57. The first-order chi connectivity index (χ1) is 12.4. The predicted molar refractivity (Wildman–Crippen MR) is 105 cm³/mol. The van der Waals surface area contributed by atoms with Gasteiger partial charge in [-0.2, -0.15) is 0 Å². The molecule has 3 aromatic carbocycles. The van der Waals surface area contributed by atoms with E-state index in [0.29, 0.717) is 5.89 Å². The summed E-state index contributed by atoms with van der Waals surface area (Å²) in [5.41, 5.74) is 5.06. The lowest BCUT2D eigenvalue weighted by Crippen LogP contribution is -1.74. The van der Waals surface area contributed by atoms with Gasteiger partial charge in [0.05, 0.1) is 0 Å². The molecule has 1 aromatic heterocycles. The molecule has 0 aliphatic rings. The largest absolute Gasteiger partial charge is 0.437 e. The summed E-state index contributed by atoms with van der Waals surface area (Å²) in [6.07, 6.45) is 8.08. The first-order valence-electron chi connectivity index (χ1n) is 8.24. The molecule has 1 heterocycles. The van der Waals surface area contributed by atoms with Crippen LogP contribution in [-0.4, -0.2) is 4.98 Å². The summed E-state index contributed by atoms with van der Waals surface area (Å²) in [6.45, 7) is 0. The number of aromatic nitrogens is 1. The van der Waals surface area contributed by atoms with E-state index in [9.17, 15) is 0 Å².